The van der Waals surface area contributed by atoms with Crippen LogP contribution in [0.2, 0.25) is 0 Å². The minimum Gasteiger partial charge on any atom is -0.456 e. The molecule has 8 heterocycles. The third-order valence-corrected chi connectivity index (χ3v) is 20.0. The first-order valence-electron chi connectivity index (χ1n) is 34.1. The summed E-state index contributed by atoms with van der Waals surface area (Å²) in [6.07, 6.45) is 0. The Hall–Kier alpha value is -14.1. The Labute approximate surface area is 581 Å². The molecule has 12 nitrogen and oxygen atoms in total. The maximum absolute atomic E-state index is 6.28. The van der Waals surface area contributed by atoms with Gasteiger partial charge in [0, 0.05) is 98.3 Å². The van der Waals surface area contributed by atoms with Crippen molar-refractivity contribution >= 4 is 131 Å². The molecule has 0 aliphatic carbocycles. The first-order valence-corrected chi connectivity index (χ1v) is 34.1. The summed E-state index contributed by atoms with van der Waals surface area (Å²) in [5.41, 5.74) is 18.0. The summed E-state index contributed by atoms with van der Waals surface area (Å²) < 4.78 is 21.5. The highest BCUT2D eigenvalue weighted by atomic mass is 16.3. The molecule has 0 aliphatic rings. The molecule has 0 spiro atoms. The fourth-order valence-corrected chi connectivity index (χ4v) is 15.6. The molecule has 0 saturated carbocycles. The van der Waals surface area contributed by atoms with Crippen molar-refractivity contribution in [3.63, 3.8) is 0 Å². The monoisotopic (exact) mass is 1310 g/mol. The Balaban J connectivity index is 0.000000133. The molecule has 0 N–H and O–H groups in total. The smallest absolute Gasteiger partial charge is 0.238 e. The second-order valence-corrected chi connectivity index (χ2v) is 25.7. The van der Waals surface area contributed by atoms with E-state index < -0.39 is 0 Å². The van der Waals surface area contributed by atoms with Crippen LogP contribution in [-0.2, 0) is 0 Å². The second kappa shape index (κ2) is 22.7. The van der Waals surface area contributed by atoms with E-state index in [-0.39, 0.29) is 0 Å². The Morgan fingerprint density at radius 2 is 0.539 bits per heavy atom. The zero-order valence-electron chi connectivity index (χ0n) is 54.5. The molecule has 102 heavy (non-hydrogen) atoms. The number of hydrogen-bond acceptors (Lipinski definition) is 8. The lowest BCUT2D eigenvalue weighted by Gasteiger charge is -2.11. The van der Waals surface area contributed by atoms with Crippen molar-refractivity contribution in [3.8, 4) is 68.8 Å². The minimum atomic E-state index is 0.556. The highest BCUT2D eigenvalue weighted by Crippen LogP contribution is 2.46. The van der Waals surface area contributed by atoms with E-state index in [0.717, 1.165) is 127 Å². The summed E-state index contributed by atoms with van der Waals surface area (Å²) in [5, 5.41) is 13.5. The average molecular weight is 1310 g/mol. The minimum absolute atomic E-state index is 0.556. The first kappa shape index (κ1) is 57.0. The molecule has 476 valence electrons. The molecule has 0 unspecified atom stereocenters. The predicted octanol–water partition coefficient (Wildman–Crippen LogP) is 22.6. The molecule has 0 fully saturated rings. The van der Waals surface area contributed by atoms with Crippen molar-refractivity contribution in [1.82, 2.24) is 48.2 Å². The fourth-order valence-electron chi connectivity index (χ4n) is 15.6. The third kappa shape index (κ3) is 8.82. The molecule has 22 rings (SSSR count). The summed E-state index contributed by atoms with van der Waals surface area (Å²) in [7, 11) is 0. The van der Waals surface area contributed by atoms with Gasteiger partial charge in [0.1, 0.15) is 22.3 Å². The van der Waals surface area contributed by atoms with Crippen LogP contribution in [0.3, 0.4) is 0 Å². The molecule has 14 aromatic carbocycles. The Kier molecular flexibility index (Phi) is 12.7. The van der Waals surface area contributed by atoms with Crippen LogP contribution in [0, 0.1) is 0 Å². The Morgan fingerprint density at radius 3 is 1.03 bits per heavy atom. The van der Waals surface area contributed by atoms with Crippen LogP contribution in [0.15, 0.2) is 336 Å². The van der Waals surface area contributed by atoms with Crippen molar-refractivity contribution < 1.29 is 8.83 Å². The van der Waals surface area contributed by atoms with Crippen molar-refractivity contribution in [2.75, 3.05) is 0 Å². The zero-order chi connectivity index (χ0) is 66.9. The van der Waals surface area contributed by atoms with Crippen LogP contribution in [0.4, 0.5) is 0 Å². The van der Waals surface area contributed by atoms with E-state index in [4.69, 9.17) is 38.7 Å². The second-order valence-electron chi connectivity index (χ2n) is 25.7. The van der Waals surface area contributed by atoms with Gasteiger partial charge in [0.15, 0.2) is 23.3 Å². The largest absolute Gasteiger partial charge is 0.456 e. The molecular formula is C90H54N10O2. The highest BCUT2D eigenvalue weighted by Gasteiger charge is 2.26. The van der Waals surface area contributed by atoms with Crippen molar-refractivity contribution in [1.29, 1.82) is 0 Å². The first-order chi connectivity index (χ1) is 50.6. The van der Waals surface area contributed by atoms with Gasteiger partial charge in [0.25, 0.3) is 0 Å². The number of benzene rings is 14. The molecule has 0 aliphatic heterocycles. The molecular weight excluding hydrogens is 1250 g/mol. The fraction of sp³-hybridized carbons (Fsp3) is 0. The van der Waals surface area contributed by atoms with Crippen LogP contribution in [0.5, 0.6) is 0 Å². The highest BCUT2D eigenvalue weighted by molar-refractivity contribution is 6.30. The van der Waals surface area contributed by atoms with Crippen molar-refractivity contribution in [2.45, 2.75) is 0 Å². The number of fused-ring (bicyclic) bond motifs is 20. The zero-order valence-corrected chi connectivity index (χ0v) is 54.5. The normalized spacial score (nSPS) is 11.9. The van der Waals surface area contributed by atoms with Crippen LogP contribution in [0.25, 0.3) is 200 Å². The standard InChI is InChI=1S/2C45H27N5O/c1-3-14-28(15-4-1)43-46-44(33-21-13-25-39-40(33)32-20-9-12-24-38(32)51-39)48-45(47-43)50-35-23-11-8-19-31(35)42-37(50)27-26-36-41(42)30-18-7-10-22-34(30)49(36)29-16-5-2-6-17-29;1-3-13-28(14-4-1)43-46-44(29-23-26-40-34(27-29)31-17-9-12-22-39(31)51-40)48-45(47-43)50-36-21-11-8-19-33(36)42-38(50)25-24-37-41(42)32-18-7-10-20-35(32)49(37)30-15-5-2-6-16-30/h2*1-27H. The van der Waals surface area contributed by atoms with Crippen LogP contribution in [0.1, 0.15) is 0 Å². The topological polar surface area (TPSA) is 123 Å². The number of para-hydroxylation sites is 8. The summed E-state index contributed by atoms with van der Waals surface area (Å²) in [4.78, 5) is 31.1. The number of furan rings is 2. The summed E-state index contributed by atoms with van der Waals surface area (Å²) in [6.45, 7) is 0. The molecule has 12 heteroatoms. The number of aromatic nitrogens is 10. The number of hydrogen-bond donors (Lipinski definition) is 0. The van der Waals surface area contributed by atoms with E-state index in [1.165, 1.54) is 37.8 Å². The van der Waals surface area contributed by atoms with Gasteiger partial charge < -0.3 is 18.0 Å². The third-order valence-electron chi connectivity index (χ3n) is 20.0. The quantitative estimate of drug-likeness (QED) is 0.147. The predicted molar refractivity (Wildman–Crippen MR) is 413 cm³/mol. The molecule has 0 radical (unpaired) electrons. The van der Waals surface area contributed by atoms with E-state index >= 15 is 0 Å². The van der Waals surface area contributed by atoms with E-state index in [0.29, 0.717) is 35.2 Å². The van der Waals surface area contributed by atoms with Gasteiger partial charge in [0.05, 0.1) is 44.1 Å². The molecule has 0 amide bonds. The lowest BCUT2D eigenvalue weighted by atomic mass is 10.1. The van der Waals surface area contributed by atoms with Gasteiger partial charge >= 0.3 is 0 Å². The SMILES string of the molecule is c1ccc(-c2nc(-c3ccc4oc5ccccc5c4c3)nc(-n3c4ccccc4c4c5c6ccccc6n(-c6ccccc6)c5ccc43)n2)cc1.c1ccc(-c2nc(-c3cccc4oc5ccccc5c34)nc(-n3c4ccccc4c4c5c6ccccc6n(-c6ccccc6)c5ccc43)n2)cc1. The van der Waals surface area contributed by atoms with E-state index in [1.807, 2.05) is 121 Å². The average Bonchev–Trinajstić information content (AvgIpc) is 1.54. The van der Waals surface area contributed by atoms with Gasteiger partial charge in [0.2, 0.25) is 11.9 Å². The van der Waals surface area contributed by atoms with Crippen molar-refractivity contribution in [2.24, 2.45) is 0 Å². The molecule has 8 aromatic heterocycles. The maximum Gasteiger partial charge on any atom is 0.238 e. The summed E-state index contributed by atoms with van der Waals surface area (Å²) >= 11 is 0. The van der Waals surface area contributed by atoms with Crippen LogP contribution < -0.4 is 0 Å². The van der Waals surface area contributed by atoms with E-state index in [9.17, 15) is 0 Å². The number of nitrogens with zero attached hydrogens (tertiary/aromatic N) is 10. The summed E-state index contributed by atoms with van der Waals surface area (Å²) in [5.74, 6) is 3.52. The molecule has 22 aromatic rings. The lowest BCUT2D eigenvalue weighted by Crippen LogP contribution is -2.06. The van der Waals surface area contributed by atoms with E-state index in [2.05, 4.69) is 225 Å². The summed E-state index contributed by atoms with van der Waals surface area (Å²) in [6, 6.07) is 113. The van der Waals surface area contributed by atoms with Gasteiger partial charge in [-0.05, 0) is 109 Å². The van der Waals surface area contributed by atoms with Gasteiger partial charge in [-0.3, -0.25) is 9.13 Å². The molecule has 0 atom stereocenters. The van der Waals surface area contributed by atoms with Crippen LogP contribution in [-0.4, -0.2) is 48.2 Å². The Bertz CT molecular complexity index is 7130. The molecule has 0 bridgehead atoms. The van der Waals surface area contributed by atoms with Crippen LogP contribution >= 0.6 is 0 Å². The lowest BCUT2D eigenvalue weighted by molar-refractivity contribution is 0.668. The maximum atomic E-state index is 6.28. The van der Waals surface area contributed by atoms with Gasteiger partial charge in [-0.2, -0.15) is 19.9 Å². The number of rotatable bonds is 8. The van der Waals surface area contributed by atoms with Gasteiger partial charge in [-0.1, -0.05) is 218 Å². The van der Waals surface area contributed by atoms with Crippen molar-refractivity contribution in [3.05, 3.63) is 328 Å². The van der Waals surface area contributed by atoms with E-state index in [1.54, 1.807) is 0 Å². The molecule has 0 saturated heterocycles. The Morgan fingerprint density at radius 1 is 0.196 bits per heavy atom. The van der Waals surface area contributed by atoms with Gasteiger partial charge in [-0.15, -0.1) is 0 Å². The van der Waals surface area contributed by atoms with Gasteiger partial charge in [-0.25, -0.2) is 9.97 Å².